The van der Waals surface area contributed by atoms with E-state index in [4.69, 9.17) is 33.2 Å². The van der Waals surface area contributed by atoms with Crippen LogP contribution in [-0.4, -0.2) is 144 Å². The number of hydrogen-bond acceptors (Lipinski definition) is 14. The van der Waals surface area contributed by atoms with Crippen LogP contribution in [0.15, 0.2) is 70.4 Å². The molecule has 0 amide bonds. The first kappa shape index (κ1) is 49.8. The Hall–Kier alpha value is -2.57. The molecule has 3 aliphatic heterocycles. The molecule has 0 saturated carbocycles. The number of aliphatic hydroxyl groups excluding tert-OH is 5. The minimum absolute atomic E-state index is 0.0552. The first-order chi connectivity index (χ1) is 27.2. The van der Waals surface area contributed by atoms with E-state index in [2.05, 4.69) is 0 Å². The molecule has 58 heavy (non-hydrogen) atoms. The molecular weight excluding hydrogens is 752 g/mol. The Balaban J connectivity index is 2.00. The molecule has 330 valence electrons. The molecule has 0 aliphatic carbocycles. The van der Waals surface area contributed by atoms with Crippen molar-refractivity contribution in [3.8, 4) is 0 Å². The highest BCUT2D eigenvalue weighted by Gasteiger charge is 2.50. The van der Waals surface area contributed by atoms with Gasteiger partial charge in [0.15, 0.2) is 6.29 Å². The van der Waals surface area contributed by atoms with E-state index < -0.39 is 85.2 Å². The van der Waals surface area contributed by atoms with Crippen molar-refractivity contribution >= 4 is 5.97 Å². The third-order valence-electron chi connectivity index (χ3n) is 11.2. The van der Waals surface area contributed by atoms with Crippen LogP contribution in [0.25, 0.3) is 0 Å². The van der Waals surface area contributed by atoms with Gasteiger partial charge >= 0.3 is 5.97 Å². The summed E-state index contributed by atoms with van der Waals surface area (Å²) in [4.78, 5) is 13.7. The number of hydrogen-bond donors (Lipinski definition) is 6. The highest BCUT2D eigenvalue weighted by molar-refractivity contribution is 5.88. The molecule has 0 radical (unpaired) electrons. The van der Waals surface area contributed by atoms with Crippen LogP contribution in [-0.2, 0) is 38.0 Å². The Bertz CT molecular complexity index is 1520. The molecule has 3 aliphatic rings. The summed E-state index contributed by atoms with van der Waals surface area (Å²) in [5.41, 5.74) is 2.95. The normalized spacial score (nSPS) is 37.7. The van der Waals surface area contributed by atoms with Crippen molar-refractivity contribution in [1.29, 1.82) is 0 Å². The smallest absolute Gasteiger partial charge is 0.334 e. The molecule has 0 aromatic heterocycles. The van der Waals surface area contributed by atoms with Crippen LogP contribution in [0.4, 0.5) is 0 Å². The van der Waals surface area contributed by atoms with Crippen LogP contribution in [0.3, 0.4) is 0 Å². The van der Waals surface area contributed by atoms with Gasteiger partial charge in [0.1, 0.15) is 30.5 Å². The summed E-state index contributed by atoms with van der Waals surface area (Å²) in [6.07, 6.45) is 1.24. The van der Waals surface area contributed by atoms with Crippen LogP contribution < -0.4 is 0 Å². The van der Waals surface area contributed by atoms with Crippen molar-refractivity contribution in [2.75, 3.05) is 27.9 Å². The van der Waals surface area contributed by atoms with Crippen LogP contribution in [0.2, 0.25) is 0 Å². The van der Waals surface area contributed by atoms with Gasteiger partial charge in [0.05, 0.1) is 43.2 Å². The van der Waals surface area contributed by atoms with E-state index in [1.165, 1.54) is 21.3 Å². The predicted octanol–water partition coefficient (Wildman–Crippen LogP) is 3.73. The second kappa shape index (κ2) is 22.9. The van der Waals surface area contributed by atoms with Gasteiger partial charge in [0.2, 0.25) is 5.79 Å². The lowest BCUT2D eigenvalue weighted by atomic mass is 9.85. The quantitative estimate of drug-likeness (QED) is 0.137. The lowest BCUT2D eigenvalue weighted by Gasteiger charge is -2.45. The van der Waals surface area contributed by atoms with E-state index >= 15 is 0 Å². The van der Waals surface area contributed by atoms with E-state index in [0.717, 1.165) is 11.1 Å². The van der Waals surface area contributed by atoms with Crippen molar-refractivity contribution in [1.82, 2.24) is 0 Å². The van der Waals surface area contributed by atoms with Crippen LogP contribution >= 0.6 is 0 Å². The predicted molar refractivity (Wildman–Crippen MR) is 217 cm³/mol. The molecule has 6 N–H and O–H groups in total. The third kappa shape index (κ3) is 13.5. The zero-order valence-corrected chi connectivity index (χ0v) is 36.1. The van der Waals surface area contributed by atoms with Gasteiger partial charge in [-0.05, 0) is 66.0 Å². The molecule has 0 spiro atoms. The van der Waals surface area contributed by atoms with Crippen molar-refractivity contribution < 1.29 is 68.6 Å². The molecule has 1 fully saturated rings. The number of carbonyl (C=O) groups is 1. The summed E-state index contributed by atoms with van der Waals surface area (Å²) >= 11 is 0. The SMILES string of the molecule is COC[C@H](O)C[C@H]1O[C@@](O)([C@H](O)[C@@H]2C[C@H](OC)[C@@H](O)CCC=C(C)C=C[C@@H](O[C@@H]3OC(C)[C@H](OC)[C@@H](O)[C@@H]3O)[C@H](C)C=C(C)C=C(C)C=C(C)C(=O)O2)C(C)=C[C@H]1C. The van der Waals surface area contributed by atoms with E-state index in [9.17, 15) is 35.4 Å². The number of methoxy groups -OCH3 is 3. The molecular formula is C44H70O14. The highest BCUT2D eigenvalue weighted by Crippen LogP contribution is 2.38. The van der Waals surface area contributed by atoms with Crippen molar-refractivity contribution in [2.45, 2.75) is 160 Å². The Kier molecular flexibility index (Phi) is 19.6. The number of aliphatic hydroxyl groups is 6. The minimum Gasteiger partial charge on any atom is -0.456 e. The van der Waals surface area contributed by atoms with Gasteiger partial charge in [-0.1, -0.05) is 67.0 Å². The van der Waals surface area contributed by atoms with Crippen LogP contribution in [0.5, 0.6) is 0 Å². The number of esters is 1. The van der Waals surface area contributed by atoms with Gasteiger partial charge in [-0.3, -0.25) is 0 Å². The zero-order valence-electron chi connectivity index (χ0n) is 36.1. The molecule has 0 bridgehead atoms. The fourth-order valence-corrected chi connectivity index (χ4v) is 7.80. The first-order valence-corrected chi connectivity index (χ1v) is 20.2. The van der Waals surface area contributed by atoms with E-state index in [0.29, 0.717) is 17.6 Å². The summed E-state index contributed by atoms with van der Waals surface area (Å²) in [5, 5.41) is 67.3. The second-order valence-corrected chi connectivity index (χ2v) is 16.2. The van der Waals surface area contributed by atoms with E-state index in [1.807, 2.05) is 65.0 Å². The van der Waals surface area contributed by atoms with Gasteiger partial charge in [0, 0.05) is 51.6 Å². The molecule has 0 aromatic rings. The van der Waals surface area contributed by atoms with Gasteiger partial charge in [-0.15, -0.1) is 0 Å². The molecule has 0 aromatic carbocycles. The Labute approximate surface area is 344 Å². The van der Waals surface area contributed by atoms with Gasteiger partial charge in [-0.2, -0.15) is 0 Å². The maximum Gasteiger partial charge on any atom is 0.334 e. The number of allylic oxidation sites excluding steroid dienone is 7. The summed E-state index contributed by atoms with van der Waals surface area (Å²) in [5.74, 6) is -3.53. The Morgan fingerprint density at radius 2 is 1.59 bits per heavy atom. The van der Waals surface area contributed by atoms with Crippen LogP contribution in [0, 0.1) is 11.8 Å². The average Bonchev–Trinajstić information content (AvgIpc) is 3.15. The minimum atomic E-state index is -2.29. The third-order valence-corrected chi connectivity index (χ3v) is 11.2. The molecule has 15 atom stereocenters. The Morgan fingerprint density at radius 1 is 0.897 bits per heavy atom. The fraction of sp³-hybridized carbons (Fsp3) is 0.705. The topological polar surface area (TPSA) is 203 Å². The maximum atomic E-state index is 13.7. The van der Waals surface area contributed by atoms with Crippen molar-refractivity contribution in [2.24, 2.45) is 11.8 Å². The lowest BCUT2D eigenvalue weighted by Crippen LogP contribution is -2.58. The number of rotatable bonds is 10. The summed E-state index contributed by atoms with van der Waals surface area (Å²) in [7, 11) is 4.32. The number of cyclic esters (lactones) is 1. The molecule has 3 rings (SSSR count). The summed E-state index contributed by atoms with van der Waals surface area (Å²) < 4.78 is 40.5. The fourth-order valence-electron chi connectivity index (χ4n) is 7.80. The van der Waals surface area contributed by atoms with Crippen molar-refractivity contribution in [3.05, 3.63) is 70.4 Å². The van der Waals surface area contributed by atoms with Gasteiger partial charge in [0.25, 0.3) is 0 Å². The zero-order chi connectivity index (χ0) is 43.5. The number of carbonyl (C=O) groups excluding carboxylic acids is 1. The average molecular weight is 823 g/mol. The molecule has 14 heteroatoms. The van der Waals surface area contributed by atoms with E-state index in [-0.39, 0.29) is 43.3 Å². The monoisotopic (exact) mass is 822 g/mol. The molecule has 14 nitrogen and oxygen atoms in total. The highest BCUT2D eigenvalue weighted by atomic mass is 16.7. The van der Waals surface area contributed by atoms with E-state index in [1.54, 1.807) is 32.9 Å². The number of ether oxygens (including phenoxy) is 7. The maximum absolute atomic E-state index is 13.7. The standard InChI is InChI=1S/C44H70O14/c1-24-13-12-14-33(46)36(53-10)22-37(41(49)44(51)30(7)20-28(5)35(58-44)21-32(45)23-52-9)56-42(50)29(6)19-26(3)17-25(2)18-27(4)34(16-15-24)57-43-39(48)38(47)40(54-11)31(8)55-43/h13,15-20,27-28,31-41,43,45-49,51H,12,14,21-23H2,1-11H3/t27-,28-,31?,32-,33+,34-,35-,36+,37+,38+,39+,40+,41-,43+,44-/m1/s1. The lowest BCUT2D eigenvalue weighted by molar-refractivity contribution is -0.305. The largest absolute Gasteiger partial charge is 0.456 e. The molecule has 1 unspecified atom stereocenters. The van der Waals surface area contributed by atoms with Crippen molar-refractivity contribution in [3.63, 3.8) is 0 Å². The summed E-state index contributed by atoms with van der Waals surface area (Å²) in [6.45, 7) is 14.5. The molecule has 1 saturated heterocycles. The molecule has 3 heterocycles. The van der Waals surface area contributed by atoms with Crippen LogP contribution in [0.1, 0.15) is 81.1 Å². The van der Waals surface area contributed by atoms with Gasteiger partial charge in [-0.25, -0.2) is 4.79 Å². The second-order valence-electron chi connectivity index (χ2n) is 16.2. The van der Waals surface area contributed by atoms with Gasteiger partial charge < -0.3 is 63.8 Å². The summed E-state index contributed by atoms with van der Waals surface area (Å²) in [6, 6.07) is 0. The Morgan fingerprint density at radius 3 is 2.22 bits per heavy atom. The first-order valence-electron chi connectivity index (χ1n) is 20.2.